The number of hydrogen-bond donors (Lipinski definition) is 2. The number of fused-ring (bicyclic) bond motifs is 3. The number of ether oxygens (including phenoxy) is 1. The molecule has 5 heterocycles. The van der Waals surface area contributed by atoms with Gasteiger partial charge in [-0.2, -0.15) is 0 Å². The maximum absolute atomic E-state index is 15.6. The molecule has 2 N–H and O–H groups in total. The largest absolute Gasteiger partial charge is 0.381 e. The highest BCUT2D eigenvalue weighted by molar-refractivity contribution is 7.17. The molecule has 8 rings (SSSR count). The van der Waals surface area contributed by atoms with Crippen molar-refractivity contribution >= 4 is 51.9 Å². The Bertz CT molecular complexity index is 2250. The molecule has 0 atom stereocenters. The van der Waals surface area contributed by atoms with Crippen molar-refractivity contribution in [1.82, 2.24) is 4.98 Å². The van der Waals surface area contributed by atoms with E-state index in [1.165, 1.54) is 29.2 Å². The molecule has 270 valence electrons. The third-order valence-corrected chi connectivity index (χ3v) is 11.2. The predicted molar refractivity (Wildman–Crippen MR) is 193 cm³/mol. The number of hydrogen-bond acceptors (Lipinski definition) is 7. The van der Waals surface area contributed by atoms with Gasteiger partial charge in [0.25, 0.3) is 17.7 Å². The Kier molecular flexibility index (Phi) is 8.95. The zero-order chi connectivity index (χ0) is 36.9. The summed E-state index contributed by atoms with van der Waals surface area (Å²) < 4.78 is 64.2. The molecule has 2 saturated heterocycles. The van der Waals surface area contributed by atoms with Crippen molar-refractivity contribution in [2.75, 3.05) is 53.3 Å². The highest BCUT2D eigenvalue weighted by Gasteiger charge is 2.45. The van der Waals surface area contributed by atoms with Crippen LogP contribution in [0.2, 0.25) is 0 Å². The molecule has 3 aromatic carbocycles. The number of nitrogens with one attached hydrogen (secondary N) is 2. The molecule has 0 radical (unpaired) electrons. The lowest BCUT2D eigenvalue weighted by Gasteiger charge is -2.53. The number of nitrogens with zero attached hydrogens (tertiary/aromatic N) is 3. The second kappa shape index (κ2) is 13.7. The van der Waals surface area contributed by atoms with Crippen LogP contribution in [-0.2, 0) is 11.2 Å². The van der Waals surface area contributed by atoms with Crippen molar-refractivity contribution < 1.29 is 36.7 Å². The first-order valence-corrected chi connectivity index (χ1v) is 17.8. The number of benzene rings is 3. The molecule has 53 heavy (non-hydrogen) atoms. The van der Waals surface area contributed by atoms with Crippen LogP contribution in [0, 0.1) is 28.7 Å². The zero-order valence-corrected chi connectivity index (χ0v) is 28.9. The summed E-state index contributed by atoms with van der Waals surface area (Å²) in [6.45, 7) is 3.14. The van der Waals surface area contributed by atoms with Crippen LogP contribution in [0.1, 0.15) is 48.8 Å². The van der Waals surface area contributed by atoms with E-state index >= 15 is 4.39 Å². The summed E-state index contributed by atoms with van der Waals surface area (Å²) in [7, 11) is 0. The molecule has 0 aliphatic carbocycles. The number of carbonyl (C=O) groups is 3. The standard InChI is InChI=1S/C39H31F4N5O4S/c40-26-10-11-29-31(32(26)43)34-23(19-30(53-34)37(50)46-33-27(41)4-1-5-28(33)42)12-16-48(29)38(51)22-6-8-24(9-7-22)45-36(49)25-3-2-15-44-35(25)47-20-39(21-47)13-17-52-18-14-39/h1-11,15,19H,12-14,16-18,20-21H2,(H,45,49)(H,46,50). The Morgan fingerprint density at radius 2 is 1.57 bits per heavy atom. The van der Waals surface area contributed by atoms with Crippen LogP contribution >= 0.6 is 11.3 Å². The predicted octanol–water partition coefficient (Wildman–Crippen LogP) is 7.69. The third kappa shape index (κ3) is 6.42. The molecule has 2 fully saturated rings. The van der Waals surface area contributed by atoms with Crippen LogP contribution < -0.4 is 20.4 Å². The van der Waals surface area contributed by atoms with Crippen molar-refractivity contribution in [3.05, 3.63) is 124 Å². The maximum Gasteiger partial charge on any atom is 0.265 e. The normalized spacial score (nSPS) is 15.9. The lowest BCUT2D eigenvalue weighted by Crippen LogP contribution is -2.59. The number of aromatic nitrogens is 1. The first kappa shape index (κ1) is 34.5. The lowest BCUT2D eigenvalue weighted by molar-refractivity contribution is -0.000510. The first-order valence-electron chi connectivity index (χ1n) is 17.0. The Balaban J connectivity index is 1.00. The van der Waals surface area contributed by atoms with Gasteiger partial charge in [0, 0.05) is 60.6 Å². The number of pyridine rings is 1. The van der Waals surface area contributed by atoms with Crippen LogP contribution in [0.4, 0.5) is 40.4 Å². The third-order valence-electron chi connectivity index (χ3n) is 10.0. The second-order valence-corrected chi connectivity index (χ2v) is 14.4. The van der Waals surface area contributed by atoms with Gasteiger partial charge in [0.15, 0.2) is 11.6 Å². The molecule has 1 spiro atoms. The monoisotopic (exact) mass is 741 g/mol. The van der Waals surface area contributed by atoms with Gasteiger partial charge in [-0.15, -0.1) is 11.3 Å². The average Bonchev–Trinajstić information content (AvgIpc) is 3.51. The van der Waals surface area contributed by atoms with Crippen LogP contribution in [0.15, 0.2) is 79.0 Å². The molecule has 5 aromatic rings. The smallest absolute Gasteiger partial charge is 0.265 e. The van der Waals surface area contributed by atoms with E-state index in [0.29, 0.717) is 22.6 Å². The molecule has 9 nitrogen and oxygen atoms in total. The molecule has 0 bridgehead atoms. The molecule has 0 saturated carbocycles. The van der Waals surface area contributed by atoms with Gasteiger partial charge in [-0.25, -0.2) is 22.5 Å². The summed E-state index contributed by atoms with van der Waals surface area (Å²) >= 11 is 0.828. The first-order chi connectivity index (χ1) is 25.6. The number of anilines is 4. The Morgan fingerprint density at radius 1 is 0.830 bits per heavy atom. The number of halogens is 4. The van der Waals surface area contributed by atoms with E-state index in [2.05, 4.69) is 20.5 Å². The SMILES string of the molecule is O=C(Nc1c(F)cccc1F)c1cc2c(s1)-c1c(ccc(F)c1F)N(C(=O)c1ccc(NC(=O)c3cccnc3N3CC4(CCOCC4)C3)cc1)CC2. The minimum absolute atomic E-state index is 0.0243. The molecule has 3 aliphatic heterocycles. The molecule has 0 unspecified atom stereocenters. The number of para-hydroxylation sites is 1. The quantitative estimate of drug-likeness (QED) is 0.173. The maximum atomic E-state index is 15.6. The zero-order valence-electron chi connectivity index (χ0n) is 28.1. The Hall–Kier alpha value is -5.60. The van der Waals surface area contributed by atoms with E-state index in [9.17, 15) is 27.6 Å². The summed E-state index contributed by atoms with van der Waals surface area (Å²) in [5.41, 5.74) is 1.03. The van der Waals surface area contributed by atoms with Gasteiger partial charge in [-0.05, 0) is 91.6 Å². The van der Waals surface area contributed by atoms with Crippen molar-refractivity contribution in [2.24, 2.45) is 5.41 Å². The van der Waals surface area contributed by atoms with Gasteiger partial charge >= 0.3 is 0 Å². The molecule has 3 amide bonds. The summed E-state index contributed by atoms with van der Waals surface area (Å²) in [6, 6.07) is 16.5. The highest BCUT2D eigenvalue weighted by atomic mass is 32.1. The molecular weight excluding hydrogens is 711 g/mol. The van der Waals surface area contributed by atoms with Crippen molar-refractivity contribution in [1.29, 1.82) is 0 Å². The van der Waals surface area contributed by atoms with E-state index in [-0.39, 0.29) is 50.9 Å². The molecule has 2 aromatic heterocycles. The van der Waals surface area contributed by atoms with Gasteiger partial charge in [-0.1, -0.05) is 6.07 Å². The van der Waals surface area contributed by atoms with E-state index in [1.807, 2.05) is 0 Å². The summed E-state index contributed by atoms with van der Waals surface area (Å²) in [6.07, 6.45) is 3.79. The Morgan fingerprint density at radius 3 is 2.30 bits per heavy atom. The number of amides is 3. The number of thiophene rings is 1. The summed E-state index contributed by atoms with van der Waals surface area (Å²) in [4.78, 5) is 48.6. The molecule has 3 aliphatic rings. The topological polar surface area (TPSA) is 104 Å². The van der Waals surface area contributed by atoms with E-state index in [0.717, 1.165) is 74.7 Å². The minimum atomic E-state index is -1.20. The highest BCUT2D eigenvalue weighted by Crippen LogP contribution is 2.45. The van der Waals surface area contributed by atoms with E-state index in [4.69, 9.17) is 4.74 Å². The van der Waals surface area contributed by atoms with E-state index < -0.39 is 40.8 Å². The molecule has 14 heteroatoms. The van der Waals surface area contributed by atoms with Crippen molar-refractivity contribution in [3.8, 4) is 10.4 Å². The van der Waals surface area contributed by atoms with Crippen molar-refractivity contribution in [3.63, 3.8) is 0 Å². The fourth-order valence-electron chi connectivity index (χ4n) is 7.19. The fraction of sp³-hybridized carbons (Fsp3) is 0.231. The fourth-order valence-corrected chi connectivity index (χ4v) is 8.34. The summed E-state index contributed by atoms with van der Waals surface area (Å²) in [5.74, 6) is -5.34. The van der Waals surface area contributed by atoms with E-state index in [1.54, 1.807) is 30.5 Å². The van der Waals surface area contributed by atoms with Gasteiger partial charge in [0.05, 0.1) is 21.7 Å². The van der Waals surface area contributed by atoms with Gasteiger partial charge in [0.2, 0.25) is 0 Å². The van der Waals surface area contributed by atoms with Gasteiger partial charge in [0.1, 0.15) is 23.1 Å². The minimum Gasteiger partial charge on any atom is -0.381 e. The van der Waals surface area contributed by atoms with Crippen LogP contribution in [0.5, 0.6) is 0 Å². The van der Waals surface area contributed by atoms with Crippen LogP contribution in [0.3, 0.4) is 0 Å². The average molecular weight is 742 g/mol. The van der Waals surface area contributed by atoms with Crippen LogP contribution in [0.25, 0.3) is 10.4 Å². The number of rotatable bonds is 6. The summed E-state index contributed by atoms with van der Waals surface area (Å²) in [5, 5.41) is 5.11. The lowest BCUT2D eigenvalue weighted by atomic mass is 9.73. The Labute approximate surface area is 305 Å². The van der Waals surface area contributed by atoms with Gasteiger partial charge in [-0.3, -0.25) is 14.4 Å². The molecular formula is C39H31F4N5O4S. The second-order valence-electron chi connectivity index (χ2n) is 13.4. The van der Waals surface area contributed by atoms with Crippen LogP contribution in [-0.4, -0.2) is 55.6 Å². The number of carbonyl (C=O) groups excluding carboxylic acids is 3. The van der Waals surface area contributed by atoms with Gasteiger partial charge < -0.3 is 25.2 Å². The van der Waals surface area contributed by atoms with Crippen molar-refractivity contribution in [2.45, 2.75) is 19.3 Å².